The van der Waals surface area contributed by atoms with Crippen LogP contribution in [-0.2, 0) is 19.6 Å². The Bertz CT molecular complexity index is 1150. The van der Waals surface area contributed by atoms with Crippen molar-refractivity contribution in [2.24, 2.45) is 5.92 Å². The van der Waals surface area contributed by atoms with Crippen LogP contribution in [0, 0.1) is 17.2 Å². The van der Waals surface area contributed by atoms with Crippen LogP contribution in [0.5, 0.6) is 0 Å². The van der Waals surface area contributed by atoms with E-state index in [0.29, 0.717) is 49.7 Å². The third kappa shape index (κ3) is 4.86. The number of nitriles is 1. The molecule has 158 valence electrons. The largest absolute Gasteiger partial charge is 0.330 e. The fourth-order valence-corrected chi connectivity index (χ4v) is 3.44. The summed E-state index contributed by atoms with van der Waals surface area (Å²) in [6.07, 6.45) is 1.31. The van der Waals surface area contributed by atoms with E-state index in [1.165, 1.54) is 4.57 Å². The number of nitrogens with zero attached hydrogens (tertiary/aromatic N) is 5. The van der Waals surface area contributed by atoms with Crippen molar-refractivity contribution in [2.75, 3.05) is 13.6 Å². The first-order valence-electron chi connectivity index (χ1n) is 10.2. The Morgan fingerprint density at radius 2 is 1.93 bits per heavy atom. The number of imidazole rings is 1. The summed E-state index contributed by atoms with van der Waals surface area (Å²) >= 11 is 0. The highest BCUT2D eigenvalue weighted by atomic mass is 16.2. The summed E-state index contributed by atoms with van der Waals surface area (Å²) in [6, 6.07) is 11.8. The minimum atomic E-state index is -0.464. The molecule has 0 saturated carbocycles. The Kier molecular flexibility index (Phi) is 6.85. The van der Waals surface area contributed by atoms with Crippen LogP contribution >= 0.6 is 0 Å². The van der Waals surface area contributed by atoms with Crippen LogP contribution < -0.4 is 11.2 Å². The molecule has 0 atom stereocenters. The van der Waals surface area contributed by atoms with Crippen LogP contribution in [0.25, 0.3) is 11.2 Å². The summed E-state index contributed by atoms with van der Waals surface area (Å²) in [5.41, 5.74) is 0.906. The van der Waals surface area contributed by atoms with Crippen LogP contribution in [-0.4, -0.2) is 37.6 Å². The lowest BCUT2D eigenvalue weighted by atomic mass is 10.1. The highest BCUT2D eigenvalue weighted by Crippen LogP contribution is 2.16. The standard InChI is InChI=1S/C22H28N6O2/c1-16(2)10-13-27-18(15-26(3)12-7-11-23)24-20-19(27)21(29)25-22(30)28(20)14-17-8-5-4-6-9-17/h4-6,8-9,16H,7,10,12-15H2,1-3H3,(H,25,29,30). The topological polar surface area (TPSA) is 99.7 Å². The number of benzene rings is 1. The highest BCUT2D eigenvalue weighted by Gasteiger charge is 2.19. The minimum absolute atomic E-state index is 0.331. The van der Waals surface area contributed by atoms with Crippen LogP contribution in [0.15, 0.2) is 39.9 Å². The fourth-order valence-electron chi connectivity index (χ4n) is 3.44. The summed E-state index contributed by atoms with van der Waals surface area (Å²) in [7, 11) is 1.92. The lowest BCUT2D eigenvalue weighted by Gasteiger charge is -2.16. The van der Waals surface area contributed by atoms with Crippen molar-refractivity contribution in [1.82, 2.24) is 24.0 Å². The maximum absolute atomic E-state index is 12.8. The van der Waals surface area contributed by atoms with Gasteiger partial charge in [0.05, 0.1) is 19.2 Å². The maximum Gasteiger partial charge on any atom is 0.330 e. The van der Waals surface area contributed by atoms with E-state index in [1.54, 1.807) is 0 Å². The number of nitrogens with one attached hydrogen (secondary N) is 1. The first-order chi connectivity index (χ1) is 14.4. The van der Waals surface area contributed by atoms with E-state index in [-0.39, 0.29) is 0 Å². The van der Waals surface area contributed by atoms with Gasteiger partial charge in [0.2, 0.25) is 0 Å². The van der Waals surface area contributed by atoms with Crippen LogP contribution in [0.3, 0.4) is 0 Å². The first kappa shape index (κ1) is 21.5. The monoisotopic (exact) mass is 408 g/mol. The van der Waals surface area contributed by atoms with Crippen molar-refractivity contribution in [3.05, 3.63) is 62.6 Å². The Balaban J connectivity index is 2.12. The molecule has 0 unspecified atom stereocenters. The predicted molar refractivity (Wildman–Crippen MR) is 116 cm³/mol. The van der Waals surface area contributed by atoms with Crippen molar-refractivity contribution in [1.29, 1.82) is 5.26 Å². The highest BCUT2D eigenvalue weighted by molar-refractivity contribution is 5.71. The summed E-state index contributed by atoms with van der Waals surface area (Å²) in [6.45, 7) is 6.34. The summed E-state index contributed by atoms with van der Waals surface area (Å²) in [4.78, 5) is 34.6. The van der Waals surface area contributed by atoms with Gasteiger partial charge < -0.3 is 4.57 Å². The molecule has 2 heterocycles. The molecule has 0 spiro atoms. The van der Waals surface area contributed by atoms with Gasteiger partial charge in [-0.2, -0.15) is 5.26 Å². The van der Waals surface area contributed by atoms with Gasteiger partial charge in [0.25, 0.3) is 5.56 Å². The molecule has 0 saturated heterocycles. The molecule has 0 radical (unpaired) electrons. The van der Waals surface area contributed by atoms with Crippen LogP contribution in [0.1, 0.15) is 38.1 Å². The average molecular weight is 409 g/mol. The second-order valence-electron chi connectivity index (χ2n) is 8.01. The van der Waals surface area contributed by atoms with E-state index in [9.17, 15) is 9.59 Å². The number of H-pyrrole nitrogens is 1. The van der Waals surface area contributed by atoms with Crippen molar-refractivity contribution in [2.45, 2.75) is 46.3 Å². The zero-order valence-electron chi connectivity index (χ0n) is 17.8. The molecular formula is C22H28N6O2. The predicted octanol–water partition coefficient (Wildman–Crippen LogP) is 2.33. The zero-order chi connectivity index (χ0) is 21.7. The smallest absolute Gasteiger partial charge is 0.321 e. The van der Waals surface area contributed by atoms with E-state index >= 15 is 0 Å². The molecule has 8 heteroatoms. The fraction of sp³-hybridized carbons (Fsp3) is 0.455. The molecule has 1 N–H and O–H groups in total. The number of rotatable bonds is 9. The molecule has 1 aromatic carbocycles. The molecule has 0 aliphatic carbocycles. The Labute approximate surface area is 175 Å². The summed E-state index contributed by atoms with van der Waals surface area (Å²) in [5.74, 6) is 1.19. The SMILES string of the molecule is CC(C)CCn1c(CN(C)CCC#N)nc2c1c(=O)[nH]c(=O)n2Cc1ccccc1. The molecule has 30 heavy (non-hydrogen) atoms. The average Bonchev–Trinajstić information content (AvgIpc) is 3.07. The number of aromatic nitrogens is 4. The normalized spacial score (nSPS) is 11.5. The van der Waals surface area contributed by atoms with E-state index in [1.807, 2.05) is 46.8 Å². The van der Waals surface area contributed by atoms with Gasteiger partial charge in [-0.05, 0) is 24.9 Å². The minimum Gasteiger partial charge on any atom is -0.321 e. The Hall–Kier alpha value is -3.18. The molecule has 3 aromatic rings. The third-order valence-electron chi connectivity index (χ3n) is 5.09. The van der Waals surface area contributed by atoms with Crippen molar-refractivity contribution < 1.29 is 0 Å². The first-order valence-corrected chi connectivity index (χ1v) is 10.2. The summed E-state index contributed by atoms with van der Waals surface area (Å²) < 4.78 is 3.45. The molecule has 0 aliphatic heterocycles. The van der Waals surface area contributed by atoms with Gasteiger partial charge in [0, 0.05) is 19.5 Å². The van der Waals surface area contributed by atoms with Crippen LogP contribution in [0.2, 0.25) is 0 Å². The third-order valence-corrected chi connectivity index (χ3v) is 5.09. The second kappa shape index (κ2) is 9.55. The lowest BCUT2D eigenvalue weighted by Crippen LogP contribution is -2.31. The van der Waals surface area contributed by atoms with Gasteiger partial charge >= 0.3 is 5.69 Å². The van der Waals surface area contributed by atoms with Gasteiger partial charge in [0.1, 0.15) is 5.82 Å². The number of aryl methyl sites for hydroxylation is 1. The molecule has 2 aromatic heterocycles. The maximum atomic E-state index is 12.8. The Morgan fingerprint density at radius 1 is 1.20 bits per heavy atom. The molecule has 3 rings (SSSR count). The van der Waals surface area contributed by atoms with Gasteiger partial charge in [0.15, 0.2) is 11.2 Å². The number of fused-ring (bicyclic) bond motifs is 1. The molecule has 8 nitrogen and oxygen atoms in total. The van der Waals surface area contributed by atoms with Crippen molar-refractivity contribution in [3.8, 4) is 6.07 Å². The molecule has 0 amide bonds. The van der Waals surface area contributed by atoms with Crippen molar-refractivity contribution in [3.63, 3.8) is 0 Å². The summed E-state index contributed by atoms with van der Waals surface area (Å²) in [5, 5.41) is 8.86. The number of hydrogen-bond donors (Lipinski definition) is 1. The van der Waals surface area contributed by atoms with Gasteiger partial charge in [-0.3, -0.25) is 19.2 Å². The number of aromatic amines is 1. The van der Waals surface area contributed by atoms with Crippen molar-refractivity contribution >= 4 is 11.2 Å². The second-order valence-corrected chi connectivity index (χ2v) is 8.01. The van der Waals surface area contributed by atoms with Gasteiger partial charge in [-0.15, -0.1) is 0 Å². The lowest BCUT2D eigenvalue weighted by molar-refractivity contribution is 0.319. The zero-order valence-corrected chi connectivity index (χ0v) is 17.8. The van der Waals surface area contributed by atoms with E-state index in [0.717, 1.165) is 17.8 Å². The van der Waals surface area contributed by atoms with E-state index < -0.39 is 11.2 Å². The Morgan fingerprint density at radius 3 is 2.60 bits per heavy atom. The number of hydrogen-bond acceptors (Lipinski definition) is 5. The van der Waals surface area contributed by atoms with Crippen LogP contribution in [0.4, 0.5) is 0 Å². The van der Waals surface area contributed by atoms with Gasteiger partial charge in [-0.25, -0.2) is 9.78 Å². The van der Waals surface area contributed by atoms with Gasteiger partial charge in [-0.1, -0.05) is 44.2 Å². The quantitative estimate of drug-likeness (QED) is 0.586. The molecule has 0 aliphatic rings. The van der Waals surface area contributed by atoms with E-state index in [4.69, 9.17) is 10.2 Å². The molecular weight excluding hydrogens is 380 g/mol. The van der Waals surface area contributed by atoms with E-state index in [2.05, 4.69) is 24.9 Å². The molecule has 0 fully saturated rings. The molecule has 0 bridgehead atoms.